The number of carbonyl (C=O) groups excluding carboxylic acids is 2. The molecule has 0 unspecified atom stereocenters. The molecule has 5 nitrogen and oxygen atoms in total. The second-order valence-electron chi connectivity index (χ2n) is 6.20. The Hall–Kier alpha value is -1.10. The average Bonchev–Trinajstić information content (AvgIpc) is 2.84. The summed E-state index contributed by atoms with van der Waals surface area (Å²) in [5, 5.41) is 5.37. The molecule has 114 valence electrons. The van der Waals surface area contributed by atoms with Gasteiger partial charge < -0.3 is 10.2 Å². The summed E-state index contributed by atoms with van der Waals surface area (Å²) in [6.07, 6.45) is 10.7. The van der Waals surface area contributed by atoms with E-state index in [1.54, 1.807) is 0 Å². The number of rotatable bonds is 3. The summed E-state index contributed by atoms with van der Waals surface area (Å²) in [7, 11) is 0. The minimum atomic E-state index is -0.312. The molecule has 1 aliphatic heterocycles. The Labute approximate surface area is 121 Å². The van der Waals surface area contributed by atoms with E-state index in [2.05, 4.69) is 10.6 Å². The highest BCUT2D eigenvalue weighted by Crippen LogP contribution is 2.17. The molecular formula is C15H28N3O2+. The Kier molecular flexibility index (Phi) is 6.30. The molecule has 2 aliphatic rings. The maximum Gasteiger partial charge on any atom is 0.321 e. The lowest BCUT2D eigenvalue weighted by atomic mass is 10.1. The maximum atomic E-state index is 11.9. The first-order valence-electron chi connectivity index (χ1n) is 8.18. The van der Waals surface area contributed by atoms with E-state index in [1.165, 1.54) is 49.8 Å². The summed E-state index contributed by atoms with van der Waals surface area (Å²) in [6, 6.07) is -0.0507. The fraction of sp³-hybridized carbons (Fsp3) is 0.867. The summed E-state index contributed by atoms with van der Waals surface area (Å²) < 4.78 is 0. The number of likely N-dealkylation sites (tertiary alicyclic amines) is 1. The zero-order chi connectivity index (χ0) is 14.2. The number of urea groups is 1. The predicted molar refractivity (Wildman–Crippen MR) is 77.6 cm³/mol. The highest BCUT2D eigenvalue weighted by atomic mass is 16.2. The van der Waals surface area contributed by atoms with Crippen molar-refractivity contribution in [3.63, 3.8) is 0 Å². The van der Waals surface area contributed by atoms with E-state index in [0.29, 0.717) is 6.54 Å². The molecule has 0 atom stereocenters. The van der Waals surface area contributed by atoms with Gasteiger partial charge in [-0.05, 0) is 38.5 Å². The number of quaternary nitrogens is 1. The van der Waals surface area contributed by atoms with E-state index < -0.39 is 0 Å². The standard InChI is InChI=1S/C15H27N3O2/c19-14(12-18-10-6-2-1-3-7-11-18)17-15(20)16-13-8-4-5-9-13/h13H,1-12H2,(H2,16,17,19,20)/p+1. The van der Waals surface area contributed by atoms with Crippen LogP contribution in [0.2, 0.25) is 0 Å². The molecule has 0 aromatic rings. The first kappa shape index (κ1) is 15.3. The van der Waals surface area contributed by atoms with Gasteiger partial charge in [0.15, 0.2) is 6.54 Å². The van der Waals surface area contributed by atoms with Gasteiger partial charge in [0.2, 0.25) is 0 Å². The fourth-order valence-corrected chi connectivity index (χ4v) is 3.27. The monoisotopic (exact) mass is 282 g/mol. The lowest BCUT2D eigenvalue weighted by Gasteiger charge is -2.21. The zero-order valence-electron chi connectivity index (χ0n) is 12.4. The molecule has 1 heterocycles. The van der Waals surface area contributed by atoms with E-state index in [4.69, 9.17) is 0 Å². The van der Waals surface area contributed by atoms with Crippen molar-refractivity contribution in [1.82, 2.24) is 10.6 Å². The van der Waals surface area contributed by atoms with Gasteiger partial charge in [-0.1, -0.05) is 19.3 Å². The van der Waals surface area contributed by atoms with E-state index >= 15 is 0 Å². The second-order valence-corrected chi connectivity index (χ2v) is 6.20. The van der Waals surface area contributed by atoms with Crippen molar-refractivity contribution in [2.24, 2.45) is 0 Å². The lowest BCUT2D eigenvalue weighted by Crippen LogP contribution is -3.13. The molecule has 0 radical (unpaired) electrons. The van der Waals surface area contributed by atoms with Gasteiger partial charge in [0.1, 0.15) is 0 Å². The third-order valence-electron chi connectivity index (χ3n) is 4.41. The number of imide groups is 1. The van der Waals surface area contributed by atoms with Gasteiger partial charge in [-0.2, -0.15) is 0 Å². The van der Waals surface area contributed by atoms with E-state index in [9.17, 15) is 9.59 Å². The minimum Gasteiger partial charge on any atom is -0.335 e. The van der Waals surface area contributed by atoms with Crippen LogP contribution in [0.15, 0.2) is 0 Å². The topological polar surface area (TPSA) is 62.6 Å². The molecule has 1 aliphatic carbocycles. The Morgan fingerprint density at radius 3 is 2.15 bits per heavy atom. The molecule has 2 rings (SSSR count). The molecule has 2 fully saturated rings. The molecule has 0 spiro atoms. The largest absolute Gasteiger partial charge is 0.335 e. The van der Waals surface area contributed by atoms with Crippen LogP contribution in [-0.4, -0.2) is 37.6 Å². The molecule has 3 amide bonds. The van der Waals surface area contributed by atoms with Crippen molar-refractivity contribution in [2.75, 3.05) is 19.6 Å². The van der Waals surface area contributed by atoms with Crippen molar-refractivity contribution < 1.29 is 14.5 Å². The normalized spacial score (nSPS) is 22.0. The van der Waals surface area contributed by atoms with Gasteiger partial charge >= 0.3 is 6.03 Å². The maximum absolute atomic E-state index is 11.9. The Balaban J connectivity index is 1.66. The van der Waals surface area contributed by atoms with Crippen molar-refractivity contribution in [1.29, 1.82) is 0 Å². The van der Waals surface area contributed by atoms with Crippen molar-refractivity contribution in [3.05, 3.63) is 0 Å². The molecule has 20 heavy (non-hydrogen) atoms. The SMILES string of the molecule is O=C(C[NH+]1CCCCCCC1)NC(=O)NC1CCCC1. The summed E-state index contributed by atoms with van der Waals surface area (Å²) in [5.41, 5.74) is 0. The van der Waals surface area contributed by atoms with Crippen LogP contribution in [0.1, 0.15) is 57.8 Å². The van der Waals surface area contributed by atoms with E-state index in [1.807, 2.05) is 0 Å². The third-order valence-corrected chi connectivity index (χ3v) is 4.41. The summed E-state index contributed by atoms with van der Waals surface area (Å²) in [6.45, 7) is 2.54. The van der Waals surface area contributed by atoms with Crippen molar-refractivity contribution >= 4 is 11.9 Å². The van der Waals surface area contributed by atoms with Gasteiger partial charge in [-0.15, -0.1) is 0 Å². The van der Waals surface area contributed by atoms with Crippen LogP contribution < -0.4 is 15.5 Å². The van der Waals surface area contributed by atoms with Crippen LogP contribution in [0.5, 0.6) is 0 Å². The third kappa shape index (κ3) is 5.49. The molecule has 3 N–H and O–H groups in total. The Morgan fingerprint density at radius 1 is 0.900 bits per heavy atom. The summed E-state index contributed by atoms with van der Waals surface area (Å²) in [4.78, 5) is 24.9. The number of hydrogen-bond donors (Lipinski definition) is 3. The van der Waals surface area contributed by atoms with Crippen LogP contribution >= 0.6 is 0 Å². The fourth-order valence-electron chi connectivity index (χ4n) is 3.27. The summed E-state index contributed by atoms with van der Waals surface area (Å²) in [5.74, 6) is -0.143. The smallest absolute Gasteiger partial charge is 0.321 e. The van der Waals surface area contributed by atoms with Crippen LogP contribution in [0.3, 0.4) is 0 Å². The number of carbonyl (C=O) groups is 2. The minimum absolute atomic E-state index is 0.143. The molecule has 1 saturated heterocycles. The predicted octanol–water partition coefficient (Wildman–Crippen LogP) is 0.604. The van der Waals surface area contributed by atoms with Crippen LogP contribution in [0, 0.1) is 0 Å². The highest BCUT2D eigenvalue weighted by molar-refractivity contribution is 5.94. The molecule has 5 heteroatoms. The molecule has 0 bridgehead atoms. The second kappa shape index (κ2) is 8.25. The Bertz CT molecular complexity index is 319. The van der Waals surface area contributed by atoms with Crippen LogP contribution in [0.25, 0.3) is 0 Å². The first-order chi connectivity index (χ1) is 9.74. The first-order valence-corrected chi connectivity index (χ1v) is 8.18. The van der Waals surface area contributed by atoms with Gasteiger partial charge in [-0.3, -0.25) is 10.1 Å². The molecule has 0 aromatic heterocycles. The van der Waals surface area contributed by atoms with Crippen LogP contribution in [-0.2, 0) is 4.79 Å². The zero-order valence-corrected chi connectivity index (χ0v) is 12.4. The molecular weight excluding hydrogens is 254 g/mol. The highest BCUT2D eigenvalue weighted by Gasteiger charge is 2.20. The van der Waals surface area contributed by atoms with Gasteiger partial charge in [0, 0.05) is 6.04 Å². The number of hydrogen-bond acceptors (Lipinski definition) is 2. The number of amides is 3. The number of nitrogens with one attached hydrogen (secondary N) is 3. The van der Waals surface area contributed by atoms with Crippen molar-refractivity contribution in [2.45, 2.75) is 63.8 Å². The molecule has 0 aromatic carbocycles. The molecule has 1 saturated carbocycles. The van der Waals surface area contributed by atoms with E-state index in [0.717, 1.165) is 25.9 Å². The van der Waals surface area contributed by atoms with Crippen molar-refractivity contribution in [3.8, 4) is 0 Å². The van der Waals surface area contributed by atoms with Crippen LogP contribution in [0.4, 0.5) is 4.79 Å². The van der Waals surface area contributed by atoms with E-state index in [-0.39, 0.29) is 18.0 Å². The van der Waals surface area contributed by atoms with Gasteiger partial charge in [0.25, 0.3) is 5.91 Å². The quantitative estimate of drug-likeness (QED) is 0.710. The lowest BCUT2D eigenvalue weighted by molar-refractivity contribution is -0.893. The van der Waals surface area contributed by atoms with Gasteiger partial charge in [0.05, 0.1) is 13.1 Å². The summed E-state index contributed by atoms with van der Waals surface area (Å²) >= 11 is 0. The van der Waals surface area contributed by atoms with Gasteiger partial charge in [-0.25, -0.2) is 4.79 Å². The average molecular weight is 282 g/mol. The Morgan fingerprint density at radius 2 is 1.50 bits per heavy atom.